The standard InChI is InChI=1S/C6H7N2O/c9-8-5-1-2-6(8)3-4-7-8/h1-5,7,9H/q+1. The summed E-state index contributed by atoms with van der Waals surface area (Å²) < 4.78 is -0.264. The molecule has 9 heavy (non-hydrogen) atoms. The first kappa shape index (κ1) is 4.78. The molecule has 0 saturated heterocycles. The van der Waals surface area contributed by atoms with Crippen LogP contribution in [0.3, 0.4) is 0 Å². The van der Waals surface area contributed by atoms with Gasteiger partial charge in [-0.1, -0.05) is 0 Å². The van der Waals surface area contributed by atoms with Crippen molar-refractivity contribution in [3.8, 4) is 0 Å². The average molecular weight is 123 g/mol. The van der Waals surface area contributed by atoms with Crippen LogP contribution in [0.15, 0.2) is 36.3 Å². The lowest BCUT2D eigenvalue weighted by molar-refractivity contribution is -1.06. The summed E-state index contributed by atoms with van der Waals surface area (Å²) in [5.74, 6) is 0. The number of quaternary nitrogens is 1. The molecule has 3 nitrogen and oxygen atoms in total. The molecule has 2 aliphatic rings. The van der Waals surface area contributed by atoms with Crippen molar-refractivity contribution in [2.45, 2.75) is 0 Å². The normalized spacial score (nSPS) is 36.3. The van der Waals surface area contributed by atoms with Crippen molar-refractivity contribution in [1.29, 1.82) is 0 Å². The third-order valence-corrected chi connectivity index (χ3v) is 1.49. The Morgan fingerprint density at radius 3 is 3.22 bits per heavy atom. The summed E-state index contributed by atoms with van der Waals surface area (Å²) in [4.78, 5) is 0. The fraction of sp³-hybridized carbons (Fsp3) is 0. The molecule has 3 heteroatoms. The van der Waals surface area contributed by atoms with E-state index >= 15 is 0 Å². The highest BCUT2D eigenvalue weighted by atomic mass is 16.6. The highest BCUT2D eigenvalue weighted by molar-refractivity contribution is 5.24. The summed E-state index contributed by atoms with van der Waals surface area (Å²) in [6.45, 7) is 0. The van der Waals surface area contributed by atoms with Crippen molar-refractivity contribution < 1.29 is 9.96 Å². The van der Waals surface area contributed by atoms with Gasteiger partial charge in [-0.05, 0) is 4.76 Å². The van der Waals surface area contributed by atoms with Crippen LogP contribution in [-0.4, -0.2) is 9.96 Å². The molecule has 46 valence electrons. The first-order valence-corrected chi connectivity index (χ1v) is 2.77. The zero-order chi connectivity index (χ0) is 6.32. The van der Waals surface area contributed by atoms with Crippen molar-refractivity contribution in [2.75, 3.05) is 0 Å². The van der Waals surface area contributed by atoms with Gasteiger partial charge >= 0.3 is 0 Å². The Balaban J connectivity index is 2.48. The largest absolute Gasteiger partial charge is 0.202 e. The number of nitrogens with zero attached hydrogens (tertiary/aromatic N) is 1. The number of hydroxylamine groups is 2. The number of allylic oxidation sites excluding steroid dienone is 3. The van der Waals surface area contributed by atoms with E-state index in [1.807, 2.05) is 18.2 Å². The van der Waals surface area contributed by atoms with Crippen LogP contribution < -0.4 is 5.43 Å². The van der Waals surface area contributed by atoms with Crippen LogP contribution in [0.25, 0.3) is 0 Å². The molecule has 1 unspecified atom stereocenters. The van der Waals surface area contributed by atoms with E-state index < -0.39 is 0 Å². The van der Waals surface area contributed by atoms with E-state index in [0.717, 1.165) is 5.70 Å². The molecule has 2 aliphatic heterocycles. The molecule has 0 aromatic rings. The van der Waals surface area contributed by atoms with Gasteiger partial charge in [-0.15, -0.1) is 0 Å². The molecule has 1 atom stereocenters. The second-order valence-electron chi connectivity index (χ2n) is 2.08. The maximum atomic E-state index is 9.44. The monoisotopic (exact) mass is 123 g/mol. The van der Waals surface area contributed by atoms with Crippen molar-refractivity contribution in [3.63, 3.8) is 0 Å². The Morgan fingerprint density at radius 1 is 1.56 bits per heavy atom. The predicted molar refractivity (Wildman–Crippen MR) is 31.5 cm³/mol. The van der Waals surface area contributed by atoms with Gasteiger partial charge in [0.15, 0.2) is 11.9 Å². The maximum absolute atomic E-state index is 9.44. The number of fused-ring (bicyclic) bond motifs is 1. The summed E-state index contributed by atoms with van der Waals surface area (Å²) in [6, 6.07) is 0. The molecular weight excluding hydrogens is 116 g/mol. The first-order chi connectivity index (χ1) is 4.31. The van der Waals surface area contributed by atoms with E-state index in [4.69, 9.17) is 0 Å². The number of nitrogens with one attached hydrogen (secondary N) is 1. The van der Waals surface area contributed by atoms with Crippen LogP contribution >= 0.6 is 0 Å². The molecule has 0 aliphatic carbocycles. The smallest absolute Gasteiger partial charge is 0.197 e. The fourth-order valence-electron chi connectivity index (χ4n) is 0.989. The first-order valence-electron chi connectivity index (χ1n) is 2.77. The van der Waals surface area contributed by atoms with E-state index in [9.17, 15) is 5.21 Å². The predicted octanol–water partition coefficient (Wildman–Crippen LogP) is 0.635. The van der Waals surface area contributed by atoms with Gasteiger partial charge in [0.25, 0.3) is 0 Å². The second kappa shape index (κ2) is 1.26. The van der Waals surface area contributed by atoms with Gasteiger partial charge in [0.2, 0.25) is 0 Å². The molecule has 2 heterocycles. The molecule has 0 aromatic heterocycles. The van der Waals surface area contributed by atoms with Gasteiger partial charge in [-0.2, -0.15) is 5.21 Å². The molecular formula is C6H7N2O+. The lowest BCUT2D eigenvalue weighted by atomic mass is 10.4. The Morgan fingerprint density at radius 2 is 2.44 bits per heavy atom. The zero-order valence-electron chi connectivity index (χ0n) is 4.78. The zero-order valence-corrected chi connectivity index (χ0v) is 4.78. The number of rotatable bonds is 0. The maximum Gasteiger partial charge on any atom is 0.197 e. The third-order valence-electron chi connectivity index (χ3n) is 1.49. The second-order valence-corrected chi connectivity index (χ2v) is 2.08. The van der Waals surface area contributed by atoms with Gasteiger partial charge in [0, 0.05) is 18.2 Å². The molecule has 0 amide bonds. The van der Waals surface area contributed by atoms with Crippen molar-refractivity contribution >= 4 is 0 Å². The topological polar surface area (TPSA) is 32.3 Å². The van der Waals surface area contributed by atoms with Gasteiger partial charge in [-0.3, -0.25) is 0 Å². The van der Waals surface area contributed by atoms with Crippen LogP contribution in [0.5, 0.6) is 0 Å². The molecule has 0 aromatic carbocycles. The van der Waals surface area contributed by atoms with E-state index in [1.54, 1.807) is 12.4 Å². The van der Waals surface area contributed by atoms with Crippen LogP contribution in [0.2, 0.25) is 0 Å². The highest BCUT2D eigenvalue weighted by Gasteiger charge is 2.33. The van der Waals surface area contributed by atoms with E-state index in [-0.39, 0.29) is 4.76 Å². The van der Waals surface area contributed by atoms with Crippen LogP contribution in [0.1, 0.15) is 0 Å². The van der Waals surface area contributed by atoms with Crippen molar-refractivity contribution in [1.82, 2.24) is 5.43 Å². The minimum atomic E-state index is -0.264. The van der Waals surface area contributed by atoms with Crippen molar-refractivity contribution in [2.24, 2.45) is 0 Å². The Hall–Kier alpha value is -1.06. The molecule has 0 saturated carbocycles. The number of hydrogen-bond donors (Lipinski definition) is 2. The van der Waals surface area contributed by atoms with Crippen LogP contribution in [0.4, 0.5) is 0 Å². The summed E-state index contributed by atoms with van der Waals surface area (Å²) in [7, 11) is 0. The van der Waals surface area contributed by atoms with Crippen LogP contribution in [0, 0.1) is 0 Å². The highest BCUT2D eigenvalue weighted by Crippen LogP contribution is 2.22. The Bertz CT molecular complexity index is 229. The third kappa shape index (κ3) is 0.472. The van der Waals surface area contributed by atoms with Gasteiger partial charge in [-0.25, -0.2) is 5.43 Å². The molecule has 2 rings (SSSR count). The summed E-state index contributed by atoms with van der Waals surface area (Å²) >= 11 is 0. The molecule has 0 fully saturated rings. The molecule has 0 spiro atoms. The lowest BCUT2D eigenvalue weighted by Crippen LogP contribution is -2.41. The quantitative estimate of drug-likeness (QED) is 0.463. The van der Waals surface area contributed by atoms with Gasteiger partial charge in [0.05, 0.1) is 6.20 Å². The van der Waals surface area contributed by atoms with E-state index in [2.05, 4.69) is 5.43 Å². The Kier molecular flexibility index (Phi) is 0.670. The van der Waals surface area contributed by atoms with Gasteiger partial charge < -0.3 is 0 Å². The van der Waals surface area contributed by atoms with Gasteiger partial charge in [0.1, 0.15) is 0 Å². The summed E-state index contributed by atoms with van der Waals surface area (Å²) in [5, 5.41) is 9.44. The SMILES string of the molecule is O[N+]12C=CC=C1C=CN2. The minimum absolute atomic E-state index is 0.264. The van der Waals surface area contributed by atoms with E-state index in [0.29, 0.717) is 0 Å². The molecule has 2 N–H and O–H groups in total. The summed E-state index contributed by atoms with van der Waals surface area (Å²) in [5.41, 5.74) is 3.61. The van der Waals surface area contributed by atoms with Crippen LogP contribution in [-0.2, 0) is 0 Å². The Labute approximate surface area is 52.7 Å². The van der Waals surface area contributed by atoms with Crippen molar-refractivity contribution in [3.05, 3.63) is 36.3 Å². The lowest BCUT2D eigenvalue weighted by Gasteiger charge is -2.16. The van der Waals surface area contributed by atoms with E-state index in [1.165, 1.54) is 0 Å². The number of hydrogen-bond acceptors (Lipinski definition) is 2. The minimum Gasteiger partial charge on any atom is -0.202 e. The molecule has 0 bridgehead atoms. The fourth-order valence-corrected chi connectivity index (χ4v) is 0.989. The average Bonchev–Trinajstić information content (AvgIpc) is 2.22. The molecule has 0 radical (unpaired) electrons. The summed E-state index contributed by atoms with van der Waals surface area (Å²) in [6.07, 6.45) is 8.88.